The summed E-state index contributed by atoms with van der Waals surface area (Å²) in [7, 11) is 0. The van der Waals surface area contributed by atoms with Crippen LogP contribution >= 0.6 is 11.8 Å². The smallest absolute Gasteiger partial charge is 0.237 e. The lowest BCUT2D eigenvalue weighted by atomic mass is 9.92. The van der Waals surface area contributed by atoms with Crippen LogP contribution < -0.4 is 10.6 Å². The largest absolute Gasteiger partial charge is 0.326 e. The summed E-state index contributed by atoms with van der Waals surface area (Å²) in [6.07, 6.45) is 0.453. The molecular formula is C25H28N2O2S. The zero-order valence-electron chi connectivity index (χ0n) is 17.9. The molecule has 3 rings (SSSR count). The van der Waals surface area contributed by atoms with Crippen molar-refractivity contribution >= 4 is 45.7 Å². The molecule has 0 spiro atoms. The van der Waals surface area contributed by atoms with Crippen LogP contribution in [0, 0.1) is 5.41 Å². The van der Waals surface area contributed by atoms with Gasteiger partial charge in [-0.2, -0.15) is 0 Å². The molecule has 2 N–H and O–H groups in total. The van der Waals surface area contributed by atoms with E-state index in [0.29, 0.717) is 6.42 Å². The van der Waals surface area contributed by atoms with E-state index in [1.807, 2.05) is 94.4 Å². The average Bonchev–Trinajstić information content (AvgIpc) is 2.66. The molecule has 0 saturated carbocycles. The zero-order valence-corrected chi connectivity index (χ0v) is 18.7. The summed E-state index contributed by atoms with van der Waals surface area (Å²) in [5, 5.41) is 7.90. The summed E-state index contributed by atoms with van der Waals surface area (Å²) in [4.78, 5) is 25.8. The molecular weight excluding hydrogens is 392 g/mol. The quantitative estimate of drug-likeness (QED) is 0.458. The van der Waals surface area contributed by atoms with Crippen molar-refractivity contribution in [3.8, 4) is 0 Å². The Labute approximate surface area is 182 Å². The number of benzene rings is 3. The third-order valence-electron chi connectivity index (χ3n) is 4.51. The standard InChI is InChI=1S/C25H28N2O2S/c1-17(24(29)27-21-13-12-18-8-5-6-9-19(18)14-21)30-22-11-7-10-20(15-22)26-23(28)16-25(2,3)4/h5-15,17H,16H2,1-4H3,(H,26,28)(H,27,29). The number of nitrogens with one attached hydrogen (secondary N) is 2. The lowest BCUT2D eigenvalue weighted by Crippen LogP contribution is -2.22. The molecule has 30 heavy (non-hydrogen) atoms. The first kappa shape index (κ1) is 21.9. The Hall–Kier alpha value is -2.79. The molecule has 0 aliphatic heterocycles. The number of hydrogen-bond donors (Lipinski definition) is 2. The molecule has 0 heterocycles. The van der Waals surface area contributed by atoms with Crippen molar-refractivity contribution in [3.63, 3.8) is 0 Å². The molecule has 5 heteroatoms. The molecule has 0 aromatic heterocycles. The molecule has 1 unspecified atom stereocenters. The maximum absolute atomic E-state index is 12.7. The second kappa shape index (κ2) is 9.35. The van der Waals surface area contributed by atoms with Crippen LogP contribution in [0.1, 0.15) is 34.1 Å². The fraction of sp³-hybridized carbons (Fsp3) is 0.280. The molecule has 0 saturated heterocycles. The van der Waals surface area contributed by atoms with E-state index in [2.05, 4.69) is 10.6 Å². The number of carbonyl (C=O) groups excluding carboxylic acids is 2. The summed E-state index contributed by atoms with van der Waals surface area (Å²) in [6.45, 7) is 7.99. The SMILES string of the molecule is CC(Sc1cccc(NC(=O)CC(C)(C)C)c1)C(=O)Nc1ccc2ccccc2c1. The molecule has 0 fully saturated rings. The van der Waals surface area contributed by atoms with E-state index in [9.17, 15) is 9.59 Å². The monoisotopic (exact) mass is 420 g/mol. The van der Waals surface area contributed by atoms with Crippen molar-refractivity contribution in [2.24, 2.45) is 5.41 Å². The minimum Gasteiger partial charge on any atom is -0.326 e. The lowest BCUT2D eigenvalue weighted by molar-refractivity contribution is -0.118. The van der Waals surface area contributed by atoms with E-state index >= 15 is 0 Å². The molecule has 0 radical (unpaired) electrons. The van der Waals surface area contributed by atoms with Crippen LogP contribution in [0.2, 0.25) is 0 Å². The van der Waals surface area contributed by atoms with E-state index in [0.717, 1.165) is 27.0 Å². The number of fused-ring (bicyclic) bond motifs is 1. The summed E-state index contributed by atoms with van der Waals surface area (Å²) in [5.74, 6) is -0.0656. The maximum atomic E-state index is 12.7. The van der Waals surface area contributed by atoms with Crippen LogP contribution in [-0.4, -0.2) is 17.1 Å². The molecule has 0 aliphatic carbocycles. The number of amides is 2. The van der Waals surface area contributed by atoms with Gasteiger partial charge in [-0.15, -0.1) is 11.8 Å². The van der Waals surface area contributed by atoms with Crippen molar-refractivity contribution in [2.75, 3.05) is 10.6 Å². The molecule has 1 atom stereocenters. The fourth-order valence-corrected chi connectivity index (χ4v) is 4.03. The summed E-state index contributed by atoms with van der Waals surface area (Å²) in [5.41, 5.74) is 1.47. The van der Waals surface area contributed by atoms with E-state index in [4.69, 9.17) is 0 Å². The second-order valence-corrected chi connectivity index (χ2v) is 10.0. The number of rotatable bonds is 6. The van der Waals surface area contributed by atoms with Gasteiger partial charge in [0.2, 0.25) is 11.8 Å². The van der Waals surface area contributed by atoms with E-state index in [-0.39, 0.29) is 22.5 Å². The summed E-state index contributed by atoms with van der Waals surface area (Å²) in [6, 6.07) is 21.6. The molecule has 4 nitrogen and oxygen atoms in total. The van der Waals surface area contributed by atoms with Crippen molar-refractivity contribution in [1.82, 2.24) is 0 Å². The van der Waals surface area contributed by atoms with Crippen molar-refractivity contribution in [1.29, 1.82) is 0 Å². The highest BCUT2D eigenvalue weighted by molar-refractivity contribution is 8.00. The Kier molecular flexibility index (Phi) is 6.83. The Bertz CT molecular complexity index is 1060. The predicted octanol–water partition coefficient (Wildman–Crippen LogP) is 6.33. The van der Waals surface area contributed by atoms with Crippen molar-refractivity contribution in [3.05, 3.63) is 66.7 Å². The number of anilines is 2. The van der Waals surface area contributed by atoms with Gasteiger partial charge in [-0.05, 0) is 53.4 Å². The van der Waals surface area contributed by atoms with Crippen LogP contribution in [0.4, 0.5) is 11.4 Å². The molecule has 3 aromatic rings. The number of thioether (sulfide) groups is 1. The van der Waals surface area contributed by atoms with Gasteiger partial charge in [-0.25, -0.2) is 0 Å². The van der Waals surface area contributed by atoms with Gasteiger partial charge in [0.1, 0.15) is 0 Å². The maximum Gasteiger partial charge on any atom is 0.237 e. The number of hydrogen-bond acceptors (Lipinski definition) is 3. The van der Waals surface area contributed by atoms with Crippen LogP contribution in [-0.2, 0) is 9.59 Å². The Morgan fingerprint density at radius 3 is 2.30 bits per heavy atom. The van der Waals surface area contributed by atoms with Crippen LogP contribution in [0.3, 0.4) is 0 Å². The highest BCUT2D eigenvalue weighted by atomic mass is 32.2. The van der Waals surface area contributed by atoms with Gasteiger partial charge >= 0.3 is 0 Å². The molecule has 0 aliphatic rings. The Morgan fingerprint density at radius 1 is 0.867 bits per heavy atom. The van der Waals surface area contributed by atoms with Crippen molar-refractivity contribution < 1.29 is 9.59 Å². The zero-order chi connectivity index (χ0) is 21.7. The van der Waals surface area contributed by atoms with E-state index < -0.39 is 0 Å². The van der Waals surface area contributed by atoms with Gasteiger partial charge < -0.3 is 10.6 Å². The normalized spacial score (nSPS) is 12.4. The topological polar surface area (TPSA) is 58.2 Å². The third kappa shape index (κ3) is 6.36. The van der Waals surface area contributed by atoms with Crippen LogP contribution in [0.25, 0.3) is 10.8 Å². The molecule has 2 amide bonds. The Balaban J connectivity index is 1.61. The van der Waals surface area contributed by atoms with Gasteiger partial charge in [-0.3, -0.25) is 9.59 Å². The van der Waals surface area contributed by atoms with Gasteiger partial charge in [0.05, 0.1) is 5.25 Å². The summed E-state index contributed by atoms with van der Waals surface area (Å²) < 4.78 is 0. The molecule has 0 bridgehead atoms. The van der Waals surface area contributed by atoms with E-state index in [1.54, 1.807) is 0 Å². The van der Waals surface area contributed by atoms with Gasteiger partial charge in [0.25, 0.3) is 0 Å². The van der Waals surface area contributed by atoms with Gasteiger partial charge in [0.15, 0.2) is 0 Å². The van der Waals surface area contributed by atoms with Gasteiger partial charge in [-0.1, -0.05) is 57.2 Å². The Morgan fingerprint density at radius 2 is 1.57 bits per heavy atom. The highest BCUT2D eigenvalue weighted by Crippen LogP contribution is 2.28. The minimum atomic E-state index is -0.281. The molecule has 3 aromatic carbocycles. The minimum absolute atomic E-state index is 0.00764. The van der Waals surface area contributed by atoms with Crippen LogP contribution in [0.15, 0.2) is 71.6 Å². The first-order chi connectivity index (χ1) is 14.2. The first-order valence-electron chi connectivity index (χ1n) is 10.1. The van der Waals surface area contributed by atoms with Crippen molar-refractivity contribution in [2.45, 2.75) is 44.3 Å². The fourth-order valence-electron chi connectivity index (χ4n) is 3.10. The lowest BCUT2D eigenvalue weighted by Gasteiger charge is -2.17. The third-order valence-corrected chi connectivity index (χ3v) is 5.60. The first-order valence-corrected chi connectivity index (χ1v) is 10.9. The predicted molar refractivity (Wildman–Crippen MR) is 127 cm³/mol. The number of carbonyl (C=O) groups is 2. The highest BCUT2D eigenvalue weighted by Gasteiger charge is 2.17. The second-order valence-electron chi connectivity index (χ2n) is 8.62. The van der Waals surface area contributed by atoms with Crippen LogP contribution in [0.5, 0.6) is 0 Å². The summed E-state index contributed by atoms with van der Waals surface area (Å²) >= 11 is 1.47. The average molecular weight is 421 g/mol. The molecule has 156 valence electrons. The van der Waals surface area contributed by atoms with E-state index in [1.165, 1.54) is 11.8 Å². The van der Waals surface area contributed by atoms with Gasteiger partial charge in [0, 0.05) is 22.7 Å².